The molecule has 0 aliphatic rings. The van der Waals surface area contributed by atoms with Crippen LogP contribution in [-0.4, -0.2) is 20.3 Å². The molecule has 0 aliphatic carbocycles. The third kappa shape index (κ3) is 3.43. The van der Waals surface area contributed by atoms with Crippen LogP contribution in [0.2, 0.25) is 0 Å². The van der Waals surface area contributed by atoms with Gasteiger partial charge in [0.2, 0.25) is 17.4 Å². The summed E-state index contributed by atoms with van der Waals surface area (Å²) in [5.74, 6) is -7.15. The predicted molar refractivity (Wildman–Crippen MR) is 101 cm³/mol. The number of furan rings is 1. The minimum Gasteiger partial charge on any atom is -0.495 e. The maximum Gasteiger partial charge on any atom is 0.206 e. The first-order chi connectivity index (χ1) is 14.8. The zero-order valence-corrected chi connectivity index (χ0v) is 16.2. The molecule has 0 radical (unpaired) electrons. The van der Waals surface area contributed by atoms with E-state index in [1.807, 2.05) is 0 Å². The van der Waals surface area contributed by atoms with Gasteiger partial charge in [-0.25, -0.2) is 8.78 Å². The Hall–Kier alpha value is -3.69. The van der Waals surface area contributed by atoms with Crippen LogP contribution in [0.1, 0.15) is 5.76 Å². The number of ether oxygens (including phenoxy) is 3. The Bertz CT molecular complexity index is 1330. The highest BCUT2D eigenvalue weighted by molar-refractivity contribution is 6.06. The number of hydrogen-bond donors (Lipinski definition) is 0. The molecule has 0 atom stereocenters. The molecule has 0 unspecified atom stereocenters. The highest BCUT2D eigenvalue weighted by atomic mass is 19.2. The first kappa shape index (κ1) is 20.6. The first-order valence-corrected chi connectivity index (χ1v) is 8.93. The van der Waals surface area contributed by atoms with Gasteiger partial charge in [0.05, 0.1) is 18.8 Å². The third-order valence-electron chi connectivity index (χ3n) is 4.47. The van der Waals surface area contributed by atoms with Crippen LogP contribution in [-0.2, 0) is 0 Å². The number of methoxy groups -OCH3 is 1. The average molecular weight is 438 g/mol. The van der Waals surface area contributed by atoms with E-state index in [9.17, 15) is 22.4 Å². The molecule has 162 valence electrons. The van der Waals surface area contributed by atoms with Crippen LogP contribution < -0.4 is 19.6 Å². The Kier molecular flexibility index (Phi) is 5.22. The number of halogens is 4. The summed E-state index contributed by atoms with van der Waals surface area (Å²) in [4.78, 5) is 12.5. The van der Waals surface area contributed by atoms with E-state index in [4.69, 9.17) is 23.0 Å². The van der Waals surface area contributed by atoms with Gasteiger partial charge < -0.3 is 23.0 Å². The lowest BCUT2D eigenvalue weighted by Gasteiger charge is -2.13. The van der Waals surface area contributed by atoms with E-state index in [0.717, 1.165) is 0 Å². The fraction of sp³-hybridized carbons (Fsp3) is 0.190. The zero-order valence-electron chi connectivity index (χ0n) is 16.2. The van der Waals surface area contributed by atoms with Gasteiger partial charge >= 0.3 is 0 Å². The molecule has 0 saturated carbocycles. The molecule has 0 bridgehead atoms. The summed E-state index contributed by atoms with van der Waals surface area (Å²) < 4.78 is 80.9. The summed E-state index contributed by atoms with van der Waals surface area (Å²) in [6.45, 7) is 0.755. The molecule has 0 N–H and O–H groups in total. The molecule has 10 heteroatoms. The molecule has 4 aromatic rings. The SMILES string of the molecule is COc1c2ccoc2c(OCCOc2c(F)c(F)cc(F)c2F)c2oc(C)cc(=O)c12. The van der Waals surface area contributed by atoms with E-state index in [2.05, 4.69) is 0 Å². The van der Waals surface area contributed by atoms with E-state index in [1.165, 1.54) is 19.4 Å². The van der Waals surface area contributed by atoms with E-state index < -0.39 is 35.6 Å². The molecule has 0 aliphatic heterocycles. The van der Waals surface area contributed by atoms with Crippen molar-refractivity contribution in [2.45, 2.75) is 6.92 Å². The third-order valence-corrected chi connectivity index (χ3v) is 4.47. The van der Waals surface area contributed by atoms with Crippen LogP contribution in [0.4, 0.5) is 17.6 Å². The van der Waals surface area contributed by atoms with Crippen LogP contribution in [0.25, 0.3) is 21.9 Å². The van der Waals surface area contributed by atoms with Crippen molar-refractivity contribution in [3.8, 4) is 17.2 Å². The van der Waals surface area contributed by atoms with Crippen molar-refractivity contribution in [3.63, 3.8) is 0 Å². The van der Waals surface area contributed by atoms with Gasteiger partial charge in [0.15, 0.2) is 34.0 Å². The van der Waals surface area contributed by atoms with Gasteiger partial charge in [-0.05, 0) is 13.0 Å². The van der Waals surface area contributed by atoms with Crippen molar-refractivity contribution < 1.29 is 40.6 Å². The minimum absolute atomic E-state index is 0.0339. The summed E-state index contributed by atoms with van der Waals surface area (Å²) in [6, 6.07) is 2.93. The van der Waals surface area contributed by atoms with Crippen LogP contribution >= 0.6 is 0 Å². The molecule has 0 amide bonds. The molecular formula is C21H14F4O6. The fourth-order valence-electron chi connectivity index (χ4n) is 3.20. The molecule has 0 saturated heterocycles. The van der Waals surface area contributed by atoms with Crippen LogP contribution in [0, 0.1) is 30.2 Å². The summed E-state index contributed by atoms with van der Waals surface area (Å²) in [5.41, 5.74) is -0.134. The minimum atomic E-state index is -1.66. The second-order valence-corrected chi connectivity index (χ2v) is 6.45. The Morgan fingerprint density at radius 1 is 0.903 bits per heavy atom. The summed E-state index contributed by atoms with van der Waals surface area (Å²) in [6.07, 6.45) is 1.35. The first-order valence-electron chi connectivity index (χ1n) is 8.93. The molecule has 2 heterocycles. The fourth-order valence-corrected chi connectivity index (χ4v) is 3.20. The quantitative estimate of drug-likeness (QED) is 0.243. The van der Waals surface area contributed by atoms with Crippen molar-refractivity contribution in [3.05, 3.63) is 63.7 Å². The average Bonchev–Trinajstić information content (AvgIpc) is 3.20. The number of aryl methyl sites for hydroxylation is 1. The van der Waals surface area contributed by atoms with Gasteiger partial charge in [-0.1, -0.05) is 0 Å². The van der Waals surface area contributed by atoms with E-state index in [-0.39, 0.29) is 46.2 Å². The summed E-state index contributed by atoms with van der Waals surface area (Å²) in [5, 5.41) is 0.550. The van der Waals surface area contributed by atoms with Crippen LogP contribution in [0.5, 0.6) is 17.2 Å². The summed E-state index contributed by atoms with van der Waals surface area (Å²) in [7, 11) is 1.39. The molecule has 31 heavy (non-hydrogen) atoms. The molecule has 2 aromatic heterocycles. The van der Waals surface area contributed by atoms with Gasteiger partial charge in [0, 0.05) is 12.1 Å². The number of hydrogen-bond acceptors (Lipinski definition) is 6. The van der Waals surface area contributed by atoms with Crippen LogP contribution in [0.3, 0.4) is 0 Å². The Balaban J connectivity index is 1.68. The molecule has 2 aromatic carbocycles. The van der Waals surface area contributed by atoms with Gasteiger partial charge in [0.1, 0.15) is 30.1 Å². The standard InChI is InChI=1S/C21H14F4O6/c1-9-7-13(26)14-17(27-2)10-3-4-28-18(10)21(19(14)31-9)30-6-5-29-20-15(24)11(22)8-12(23)16(20)25/h3-4,7-8H,5-6H2,1-2H3. The Labute approximate surface area is 171 Å². The van der Waals surface area contributed by atoms with E-state index in [1.54, 1.807) is 13.0 Å². The summed E-state index contributed by atoms with van der Waals surface area (Å²) >= 11 is 0. The van der Waals surface area contributed by atoms with Crippen molar-refractivity contribution in [1.29, 1.82) is 0 Å². The molecule has 0 fully saturated rings. The molecular weight excluding hydrogens is 424 g/mol. The van der Waals surface area contributed by atoms with Gasteiger partial charge in [-0.3, -0.25) is 4.79 Å². The number of fused-ring (bicyclic) bond motifs is 2. The van der Waals surface area contributed by atoms with Crippen molar-refractivity contribution in [2.75, 3.05) is 20.3 Å². The number of rotatable bonds is 6. The largest absolute Gasteiger partial charge is 0.495 e. The second-order valence-electron chi connectivity index (χ2n) is 6.45. The van der Waals surface area contributed by atoms with E-state index in [0.29, 0.717) is 11.1 Å². The molecule has 6 nitrogen and oxygen atoms in total. The lowest BCUT2D eigenvalue weighted by Crippen LogP contribution is -2.13. The van der Waals surface area contributed by atoms with Gasteiger partial charge in [0.25, 0.3) is 0 Å². The van der Waals surface area contributed by atoms with Crippen molar-refractivity contribution in [1.82, 2.24) is 0 Å². The highest BCUT2D eigenvalue weighted by Crippen LogP contribution is 2.42. The van der Waals surface area contributed by atoms with Gasteiger partial charge in [-0.15, -0.1) is 0 Å². The van der Waals surface area contributed by atoms with E-state index >= 15 is 0 Å². The lowest BCUT2D eigenvalue weighted by molar-refractivity contribution is 0.201. The number of benzene rings is 2. The lowest BCUT2D eigenvalue weighted by atomic mass is 10.1. The predicted octanol–water partition coefficient (Wildman–Crippen LogP) is 4.87. The van der Waals surface area contributed by atoms with Crippen molar-refractivity contribution in [2.24, 2.45) is 0 Å². The molecule has 4 rings (SSSR count). The maximum atomic E-state index is 13.7. The monoisotopic (exact) mass is 438 g/mol. The van der Waals surface area contributed by atoms with Gasteiger partial charge in [-0.2, -0.15) is 8.78 Å². The second kappa shape index (κ2) is 7.86. The highest BCUT2D eigenvalue weighted by Gasteiger charge is 2.24. The Morgan fingerprint density at radius 3 is 2.19 bits per heavy atom. The van der Waals surface area contributed by atoms with Crippen LogP contribution in [0.15, 0.2) is 38.1 Å². The normalized spacial score (nSPS) is 11.3. The topological polar surface area (TPSA) is 71.0 Å². The smallest absolute Gasteiger partial charge is 0.206 e. The maximum absolute atomic E-state index is 13.7. The zero-order chi connectivity index (χ0) is 22.3. The Morgan fingerprint density at radius 2 is 1.55 bits per heavy atom. The molecule has 0 spiro atoms. The van der Waals surface area contributed by atoms with Crippen molar-refractivity contribution >= 4 is 21.9 Å².